The molecule has 0 bridgehead atoms. The SMILES string of the molecule is Cc1cc(CN=C(N)NC2CCCCCC2)cc(N2CCCC2)n1. The number of pyridine rings is 1. The number of hydrogen-bond donors (Lipinski definition) is 2. The predicted molar refractivity (Wildman–Crippen MR) is 100 cm³/mol. The summed E-state index contributed by atoms with van der Waals surface area (Å²) in [6.07, 6.45) is 10.3. The van der Waals surface area contributed by atoms with Crippen molar-refractivity contribution in [1.82, 2.24) is 10.3 Å². The molecule has 24 heavy (non-hydrogen) atoms. The summed E-state index contributed by atoms with van der Waals surface area (Å²) in [6, 6.07) is 4.78. The maximum atomic E-state index is 6.11. The molecule has 5 heteroatoms. The van der Waals surface area contributed by atoms with Gasteiger partial charge in [0.05, 0.1) is 6.54 Å². The zero-order valence-electron chi connectivity index (χ0n) is 14.9. The number of nitrogens with one attached hydrogen (secondary N) is 1. The Kier molecular flexibility index (Phi) is 5.94. The molecule has 2 fully saturated rings. The zero-order chi connectivity index (χ0) is 16.8. The van der Waals surface area contributed by atoms with Gasteiger partial charge in [0, 0.05) is 24.8 Å². The second kappa shape index (κ2) is 8.36. The van der Waals surface area contributed by atoms with Gasteiger partial charge in [0.25, 0.3) is 0 Å². The Morgan fingerprint density at radius 3 is 2.58 bits per heavy atom. The lowest BCUT2D eigenvalue weighted by molar-refractivity contribution is 0.530. The highest BCUT2D eigenvalue weighted by molar-refractivity contribution is 5.78. The van der Waals surface area contributed by atoms with Crippen molar-refractivity contribution in [3.63, 3.8) is 0 Å². The van der Waals surface area contributed by atoms with Gasteiger partial charge in [-0.15, -0.1) is 0 Å². The minimum atomic E-state index is 0.496. The molecule has 2 heterocycles. The molecule has 0 aromatic carbocycles. The summed E-state index contributed by atoms with van der Waals surface area (Å²) in [7, 11) is 0. The Morgan fingerprint density at radius 2 is 1.88 bits per heavy atom. The average molecular weight is 329 g/mol. The highest BCUT2D eigenvalue weighted by Gasteiger charge is 2.15. The molecular weight excluding hydrogens is 298 g/mol. The third-order valence-corrected chi connectivity index (χ3v) is 5.07. The zero-order valence-corrected chi connectivity index (χ0v) is 14.9. The van der Waals surface area contributed by atoms with Crippen molar-refractivity contribution < 1.29 is 0 Å². The van der Waals surface area contributed by atoms with Gasteiger partial charge >= 0.3 is 0 Å². The van der Waals surface area contributed by atoms with Gasteiger partial charge < -0.3 is 16.0 Å². The first-order chi connectivity index (χ1) is 11.7. The van der Waals surface area contributed by atoms with E-state index in [1.54, 1.807) is 0 Å². The molecule has 0 unspecified atom stereocenters. The monoisotopic (exact) mass is 329 g/mol. The fraction of sp³-hybridized carbons (Fsp3) is 0.684. The summed E-state index contributed by atoms with van der Waals surface area (Å²) in [6.45, 7) is 4.91. The number of aliphatic imine (C=N–C) groups is 1. The second-order valence-corrected chi connectivity index (χ2v) is 7.20. The highest BCUT2D eigenvalue weighted by Crippen LogP contribution is 2.20. The van der Waals surface area contributed by atoms with Crippen LogP contribution in [-0.2, 0) is 6.54 Å². The molecule has 1 aliphatic carbocycles. The van der Waals surface area contributed by atoms with Crippen LogP contribution in [0.2, 0.25) is 0 Å². The fourth-order valence-electron chi connectivity index (χ4n) is 3.78. The number of aryl methyl sites for hydroxylation is 1. The van der Waals surface area contributed by atoms with E-state index in [9.17, 15) is 0 Å². The van der Waals surface area contributed by atoms with E-state index in [1.807, 2.05) is 0 Å². The molecule has 0 atom stereocenters. The van der Waals surface area contributed by atoms with Gasteiger partial charge in [-0.2, -0.15) is 0 Å². The molecule has 3 rings (SSSR count). The molecular formula is C19H31N5. The van der Waals surface area contributed by atoms with Gasteiger partial charge in [0.2, 0.25) is 0 Å². The summed E-state index contributed by atoms with van der Waals surface area (Å²) in [5.41, 5.74) is 8.36. The van der Waals surface area contributed by atoms with Crippen LogP contribution in [0.1, 0.15) is 62.6 Å². The molecule has 1 aromatic heterocycles. The molecule has 1 saturated carbocycles. The van der Waals surface area contributed by atoms with Crippen molar-refractivity contribution in [2.24, 2.45) is 10.7 Å². The first-order valence-corrected chi connectivity index (χ1v) is 9.50. The molecule has 2 aliphatic rings. The Labute approximate surface area is 145 Å². The predicted octanol–water partition coefficient (Wildman–Crippen LogP) is 3.12. The Hall–Kier alpha value is -1.78. The van der Waals surface area contributed by atoms with Crippen LogP contribution in [0.3, 0.4) is 0 Å². The van der Waals surface area contributed by atoms with Gasteiger partial charge in [-0.1, -0.05) is 25.7 Å². The van der Waals surface area contributed by atoms with Crippen molar-refractivity contribution in [2.75, 3.05) is 18.0 Å². The van der Waals surface area contributed by atoms with Gasteiger partial charge in [0.15, 0.2) is 5.96 Å². The van der Waals surface area contributed by atoms with E-state index in [2.05, 4.69) is 39.2 Å². The normalized spacial score (nSPS) is 20.2. The van der Waals surface area contributed by atoms with Crippen molar-refractivity contribution in [3.8, 4) is 0 Å². The topological polar surface area (TPSA) is 66.5 Å². The van der Waals surface area contributed by atoms with Crippen LogP contribution in [0.25, 0.3) is 0 Å². The number of rotatable bonds is 4. The molecule has 0 radical (unpaired) electrons. The third kappa shape index (κ3) is 4.86. The van der Waals surface area contributed by atoms with Crippen LogP contribution in [-0.4, -0.2) is 30.1 Å². The van der Waals surface area contributed by atoms with E-state index in [1.165, 1.54) is 56.9 Å². The van der Waals surface area contributed by atoms with Crippen LogP contribution in [0.15, 0.2) is 17.1 Å². The molecule has 0 amide bonds. The maximum Gasteiger partial charge on any atom is 0.189 e. The largest absolute Gasteiger partial charge is 0.370 e. The number of nitrogens with zero attached hydrogens (tertiary/aromatic N) is 3. The van der Waals surface area contributed by atoms with Crippen LogP contribution in [0.5, 0.6) is 0 Å². The number of anilines is 1. The van der Waals surface area contributed by atoms with Crippen LogP contribution in [0.4, 0.5) is 5.82 Å². The lowest BCUT2D eigenvalue weighted by atomic mass is 10.1. The van der Waals surface area contributed by atoms with Crippen molar-refractivity contribution in [2.45, 2.75) is 70.9 Å². The molecule has 132 valence electrons. The van der Waals surface area contributed by atoms with E-state index in [0.717, 1.165) is 24.6 Å². The Morgan fingerprint density at radius 1 is 1.17 bits per heavy atom. The van der Waals surface area contributed by atoms with E-state index in [4.69, 9.17) is 5.73 Å². The van der Waals surface area contributed by atoms with Crippen LogP contribution in [0, 0.1) is 6.92 Å². The van der Waals surface area contributed by atoms with Crippen molar-refractivity contribution >= 4 is 11.8 Å². The summed E-state index contributed by atoms with van der Waals surface area (Å²) < 4.78 is 0. The lowest BCUT2D eigenvalue weighted by Crippen LogP contribution is -2.39. The first kappa shape index (κ1) is 17.1. The Balaban J connectivity index is 1.60. The third-order valence-electron chi connectivity index (χ3n) is 5.07. The molecule has 0 spiro atoms. The minimum absolute atomic E-state index is 0.496. The lowest BCUT2D eigenvalue weighted by Gasteiger charge is -2.18. The fourth-order valence-corrected chi connectivity index (χ4v) is 3.78. The van der Waals surface area contributed by atoms with Crippen molar-refractivity contribution in [3.05, 3.63) is 23.4 Å². The van der Waals surface area contributed by atoms with Gasteiger partial charge in [-0.05, 0) is 50.3 Å². The molecule has 1 aliphatic heterocycles. The number of hydrogen-bond acceptors (Lipinski definition) is 3. The quantitative estimate of drug-likeness (QED) is 0.506. The number of nitrogens with two attached hydrogens (primary N) is 1. The molecule has 5 nitrogen and oxygen atoms in total. The van der Waals surface area contributed by atoms with Gasteiger partial charge in [-0.3, -0.25) is 0 Å². The number of aromatic nitrogens is 1. The van der Waals surface area contributed by atoms with Crippen LogP contribution < -0.4 is 16.0 Å². The van der Waals surface area contributed by atoms with E-state index >= 15 is 0 Å². The van der Waals surface area contributed by atoms with E-state index in [0.29, 0.717) is 18.5 Å². The molecule has 1 aromatic rings. The molecule has 1 saturated heterocycles. The smallest absolute Gasteiger partial charge is 0.189 e. The summed E-state index contributed by atoms with van der Waals surface area (Å²) in [5, 5.41) is 3.42. The van der Waals surface area contributed by atoms with E-state index in [-0.39, 0.29) is 0 Å². The first-order valence-electron chi connectivity index (χ1n) is 9.50. The highest BCUT2D eigenvalue weighted by atomic mass is 15.2. The summed E-state index contributed by atoms with van der Waals surface area (Å²) in [5.74, 6) is 1.67. The standard InChI is InChI=1S/C19H31N5/c1-15-12-16(13-18(22-15)24-10-6-7-11-24)14-21-19(20)23-17-8-4-2-3-5-9-17/h12-13,17H,2-11,14H2,1H3,(H3,20,21,23). The van der Waals surface area contributed by atoms with Gasteiger partial charge in [-0.25, -0.2) is 9.98 Å². The van der Waals surface area contributed by atoms with Crippen LogP contribution >= 0.6 is 0 Å². The number of guanidine groups is 1. The Bertz CT molecular complexity index is 555. The maximum absolute atomic E-state index is 6.11. The van der Waals surface area contributed by atoms with E-state index < -0.39 is 0 Å². The summed E-state index contributed by atoms with van der Waals surface area (Å²) >= 11 is 0. The van der Waals surface area contributed by atoms with Crippen molar-refractivity contribution in [1.29, 1.82) is 0 Å². The second-order valence-electron chi connectivity index (χ2n) is 7.20. The minimum Gasteiger partial charge on any atom is -0.370 e. The average Bonchev–Trinajstić information content (AvgIpc) is 2.99. The molecule has 3 N–H and O–H groups in total. The summed E-state index contributed by atoms with van der Waals surface area (Å²) in [4.78, 5) is 11.6. The van der Waals surface area contributed by atoms with Gasteiger partial charge in [0.1, 0.15) is 5.82 Å².